The molecule has 0 spiro atoms. The minimum atomic E-state index is -4.72. The number of aliphatic hydroxyl groups is 1. The molecule has 4 nitrogen and oxygen atoms in total. The predicted octanol–water partition coefficient (Wildman–Crippen LogP) is 2.18. The minimum absolute atomic E-state index is 0.0913. The number of fused-ring (bicyclic) bond motifs is 1. The first-order valence-electron chi connectivity index (χ1n) is 7.26. The average Bonchev–Trinajstić information content (AvgIpc) is 2.89. The van der Waals surface area contributed by atoms with E-state index < -0.39 is 30.7 Å². The summed E-state index contributed by atoms with van der Waals surface area (Å²) < 4.78 is 38.6. The third kappa shape index (κ3) is 2.43. The highest BCUT2D eigenvalue weighted by molar-refractivity contribution is 5.97. The van der Waals surface area contributed by atoms with Crippen molar-refractivity contribution in [3.8, 4) is 0 Å². The number of nitrogens with zero attached hydrogens (tertiary/aromatic N) is 1. The van der Waals surface area contributed by atoms with Crippen LogP contribution in [0.3, 0.4) is 0 Å². The molecule has 1 amide bonds. The second-order valence-corrected chi connectivity index (χ2v) is 5.87. The smallest absolute Gasteiger partial charge is 0.385 e. The maximum Gasteiger partial charge on any atom is 0.419 e. The molecule has 0 saturated carbocycles. The van der Waals surface area contributed by atoms with Gasteiger partial charge in [0.25, 0.3) is 5.91 Å². The number of likely N-dealkylation sites (tertiary alicyclic amines) is 1. The third-order valence-corrected chi connectivity index (χ3v) is 4.39. The monoisotopic (exact) mass is 314 g/mol. The van der Waals surface area contributed by atoms with Crippen LogP contribution >= 0.6 is 0 Å². The Balaban J connectivity index is 1.85. The lowest BCUT2D eigenvalue weighted by molar-refractivity contribution is -0.253. The van der Waals surface area contributed by atoms with Crippen LogP contribution in [0.15, 0.2) is 18.2 Å². The maximum absolute atomic E-state index is 12.9. The number of nitrogens with one attached hydrogen (secondary N) is 1. The van der Waals surface area contributed by atoms with Gasteiger partial charge in [0.2, 0.25) is 0 Å². The van der Waals surface area contributed by atoms with Crippen molar-refractivity contribution >= 4 is 11.6 Å². The zero-order chi connectivity index (χ0) is 16.0. The van der Waals surface area contributed by atoms with Crippen LogP contribution in [-0.4, -0.2) is 47.3 Å². The molecule has 2 heterocycles. The summed E-state index contributed by atoms with van der Waals surface area (Å²) in [6.45, 7) is 0.0283. The lowest BCUT2D eigenvalue weighted by atomic mass is 9.97. The fourth-order valence-electron chi connectivity index (χ4n) is 3.08. The van der Waals surface area contributed by atoms with Gasteiger partial charge >= 0.3 is 6.18 Å². The van der Waals surface area contributed by atoms with Crippen molar-refractivity contribution in [1.29, 1.82) is 0 Å². The summed E-state index contributed by atoms with van der Waals surface area (Å²) in [5.74, 6) is -0.444. The first-order valence-corrected chi connectivity index (χ1v) is 7.26. The van der Waals surface area contributed by atoms with Crippen molar-refractivity contribution in [2.45, 2.75) is 31.0 Å². The van der Waals surface area contributed by atoms with Gasteiger partial charge < -0.3 is 15.3 Å². The van der Waals surface area contributed by atoms with Gasteiger partial charge in [-0.2, -0.15) is 13.2 Å². The SMILES string of the molecule is O=C(c1cccc2c1CCCN2)N1CCC(O)(C(F)(F)F)C1. The molecule has 1 aromatic rings. The van der Waals surface area contributed by atoms with E-state index in [0.29, 0.717) is 5.56 Å². The van der Waals surface area contributed by atoms with Gasteiger partial charge in [0, 0.05) is 30.8 Å². The normalized spacial score (nSPS) is 24.8. The number of carbonyl (C=O) groups excluding carboxylic acids is 1. The van der Waals surface area contributed by atoms with Crippen molar-refractivity contribution in [2.75, 3.05) is 25.0 Å². The lowest BCUT2D eigenvalue weighted by Crippen LogP contribution is -2.48. The number of β-amino-alcohol motifs (C(OH)–C–C–N with tert-alkyl or cyclic N) is 1. The summed E-state index contributed by atoms with van der Waals surface area (Å²) in [6, 6.07) is 5.22. The topological polar surface area (TPSA) is 52.6 Å². The van der Waals surface area contributed by atoms with Crippen LogP contribution in [-0.2, 0) is 6.42 Å². The number of amides is 1. The highest BCUT2D eigenvalue weighted by atomic mass is 19.4. The van der Waals surface area contributed by atoms with Gasteiger partial charge in [-0.05, 0) is 30.5 Å². The summed E-state index contributed by atoms with van der Waals surface area (Å²) in [4.78, 5) is 13.6. The Labute approximate surface area is 125 Å². The lowest BCUT2D eigenvalue weighted by Gasteiger charge is -2.27. The number of benzene rings is 1. The van der Waals surface area contributed by atoms with Gasteiger partial charge in [-0.15, -0.1) is 0 Å². The Hall–Kier alpha value is -1.76. The fourth-order valence-corrected chi connectivity index (χ4v) is 3.08. The molecule has 0 aromatic heterocycles. The minimum Gasteiger partial charge on any atom is -0.385 e. The van der Waals surface area contributed by atoms with Crippen LogP contribution in [0.4, 0.5) is 18.9 Å². The standard InChI is InChI=1S/C15H17F3N2O2/c16-15(17,18)14(22)6-8-20(9-14)13(21)11-3-1-5-12-10(11)4-2-7-19-12/h1,3,5,19,22H,2,4,6-9H2. The molecule has 2 N–H and O–H groups in total. The molecule has 0 radical (unpaired) electrons. The van der Waals surface area contributed by atoms with Crippen molar-refractivity contribution in [3.63, 3.8) is 0 Å². The van der Waals surface area contributed by atoms with Gasteiger partial charge in [0.05, 0.1) is 6.54 Å². The zero-order valence-electron chi connectivity index (χ0n) is 11.9. The van der Waals surface area contributed by atoms with E-state index >= 15 is 0 Å². The molecular weight excluding hydrogens is 297 g/mol. The molecule has 2 aliphatic rings. The van der Waals surface area contributed by atoms with Crippen molar-refractivity contribution < 1.29 is 23.1 Å². The Bertz CT molecular complexity index is 603. The molecule has 1 aromatic carbocycles. The molecule has 7 heteroatoms. The van der Waals surface area contributed by atoms with Crippen LogP contribution < -0.4 is 5.32 Å². The summed E-state index contributed by atoms with van der Waals surface area (Å²) >= 11 is 0. The molecule has 22 heavy (non-hydrogen) atoms. The maximum atomic E-state index is 12.9. The number of anilines is 1. The predicted molar refractivity (Wildman–Crippen MR) is 74.8 cm³/mol. The van der Waals surface area contributed by atoms with Crippen molar-refractivity contribution in [3.05, 3.63) is 29.3 Å². The van der Waals surface area contributed by atoms with E-state index in [4.69, 9.17) is 0 Å². The average molecular weight is 314 g/mol. The molecule has 3 rings (SSSR count). The van der Waals surface area contributed by atoms with Gasteiger partial charge in [-0.3, -0.25) is 4.79 Å². The summed E-state index contributed by atoms with van der Waals surface area (Å²) in [5, 5.41) is 12.9. The van der Waals surface area contributed by atoms with E-state index in [0.717, 1.165) is 35.5 Å². The van der Waals surface area contributed by atoms with Crippen molar-refractivity contribution in [2.24, 2.45) is 0 Å². The molecule has 0 aliphatic carbocycles. The van der Waals surface area contributed by atoms with Gasteiger partial charge in [0.1, 0.15) is 0 Å². The number of hydrogen-bond acceptors (Lipinski definition) is 3. The van der Waals surface area contributed by atoms with Crippen LogP contribution in [0.5, 0.6) is 0 Å². The zero-order valence-corrected chi connectivity index (χ0v) is 11.9. The fraction of sp³-hybridized carbons (Fsp3) is 0.533. The first-order chi connectivity index (χ1) is 10.3. The Morgan fingerprint density at radius 3 is 2.82 bits per heavy atom. The molecule has 2 aliphatic heterocycles. The van der Waals surface area contributed by atoms with Gasteiger partial charge in [-0.25, -0.2) is 0 Å². The molecule has 0 bridgehead atoms. The second kappa shape index (κ2) is 5.15. The molecule has 120 valence electrons. The van der Waals surface area contributed by atoms with E-state index in [1.54, 1.807) is 12.1 Å². The highest BCUT2D eigenvalue weighted by Crippen LogP contribution is 2.38. The number of halogens is 3. The van der Waals surface area contributed by atoms with Crippen LogP contribution in [0.25, 0.3) is 0 Å². The molecular formula is C15H17F3N2O2. The van der Waals surface area contributed by atoms with Gasteiger partial charge in [-0.1, -0.05) is 6.07 Å². The van der Waals surface area contributed by atoms with Crippen LogP contribution in [0.2, 0.25) is 0 Å². The Morgan fingerprint density at radius 2 is 2.14 bits per heavy atom. The quantitative estimate of drug-likeness (QED) is 0.835. The van der Waals surface area contributed by atoms with E-state index in [9.17, 15) is 23.1 Å². The largest absolute Gasteiger partial charge is 0.419 e. The van der Waals surface area contributed by atoms with Crippen LogP contribution in [0, 0.1) is 0 Å². The van der Waals surface area contributed by atoms with E-state index in [1.807, 2.05) is 6.07 Å². The third-order valence-electron chi connectivity index (χ3n) is 4.39. The van der Waals surface area contributed by atoms with E-state index in [2.05, 4.69) is 5.32 Å². The molecule has 1 fully saturated rings. The first kappa shape index (κ1) is 15.1. The Morgan fingerprint density at radius 1 is 1.36 bits per heavy atom. The molecule has 1 atom stereocenters. The number of hydrogen-bond donors (Lipinski definition) is 2. The molecule has 1 unspecified atom stereocenters. The van der Waals surface area contributed by atoms with Crippen molar-refractivity contribution in [1.82, 2.24) is 4.90 Å². The number of rotatable bonds is 1. The van der Waals surface area contributed by atoms with E-state index in [1.165, 1.54) is 0 Å². The second-order valence-electron chi connectivity index (χ2n) is 5.87. The molecule has 1 saturated heterocycles. The summed E-state index contributed by atoms with van der Waals surface area (Å²) in [5.41, 5.74) is -0.657. The number of alkyl halides is 3. The Kier molecular flexibility index (Phi) is 3.55. The summed E-state index contributed by atoms with van der Waals surface area (Å²) in [6.07, 6.45) is -3.60. The summed E-state index contributed by atoms with van der Waals surface area (Å²) in [7, 11) is 0. The van der Waals surface area contributed by atoms with E-state index in [-0.39, 0.29) is 6.54 Å². The highest BCUT2D eigenvalue weighted by Gasteiger charge is 2.57. The van der Waals surface area contributed by atoms with Crippen LogP contribution in [0.1, 0.15) is 28.8 Å². The number of carbonyl (C=O) groups is 1. The van der Waals surface area contributed by atoms with Gasteiger partial charge in [0.15, 0.2) is 5.60 Å².